The van der Waals surface area contributed by atoms with E-state index in [1.807, 2.05) is 18.2 Å². The van der Waals surface area contributed by atoms with Crippen LogP contribution < -0.4 is 10.2 Å². The van der Waals surface area contributed by atoms with Gasteiger partial charge in [-0.15, -0.1) is 0 Å². The zero-order valence-corrected chi connectivity index (χ0v) is 7.14. The van der Waals surface area contributed by atoms with Crippen molar-refractivity contribution in [2.24, 2.45) is 5.10 Å². The minimum Gasteiger partial charge on any atom is -0.437 e. The number of ether oxygens (including phenoxy) is 1. The van der Waals surface area contributed by atoms with Crippen molar-refractivity contribution in [2.45, 2.75) is 0 Å². The van der Waals surface area contributed by atoms with E-state index in [1.54, 1.807) is 12.1 Å². The largest absolute Gasteiger partial charge is 0.437 e. The highest BCUT2D eigenvalue weighted by Gasteiger charge is 2.06. The van der Waals surface area contributed by atoms with Crippen LogP contribution >= 0.6 is 0 Å². The number of nitrogens with one attached hydrogen (secondary N) is 1. The number of hydrogen-bond donors (Lipinski definition) is 1. The van der Waals surface area contributed by atoms with Crippen LogP contribution in [0.2, 0.25) is 0 Å². The molecular weight excluding hydrogens is 185 g/mol. The van der Waals surface area contributed by atoms with Crippen LogP contribution in [0.5, 0.6) is 5.75 Å². The van der Waals surface area contributed by atoms with Gasteiger partial charge >= 0.3 is 0 Å². The molecule has 0 aromatic heterocycles. The van der Waals surface area contributed by atoms with Crippen LogP contribution in [0.1, 0.15) is 0 Å². The van der Waals surface area contributed by atoms with Crippen molar-refractivity contribution in [1.29, 1.82) is 0 Å². The zero-order valence-electron chi connectivity index (χ0n) is 7.14. The first kappa shape index (κ1) is 8.55. The molecule has 14 heavy (non-hydrogen) atoms. The molecule has 0 saturated heterocycles. The molecule has 1 N–H and O–H groups in total. The first-order chi connectivity index (χ1) is 6.84. The van der Waals surface area contributed by atoms with Crippen LogP contribution in [-0.4, -0.2) is 11.2 Å². The van der Waals surface area contributed by atoms with E-state index < -0.39 is 0 Å². The van der Waals surface area contributed by atoms with Crippen LogP contribution in [0.25, 0.3) is 0 Å². The maximum atomic E-state index is 12.5. The van der Waals surface area contributed by atoms with Gasteiger partial charge in [-0.1, -0.05) is 27.8 Å². The Bertz CT molecular complexity index is 364. The number of rotatable bonds is 1. The standard InChI is InChI=1S/C9H7FN3O/c10-13-11-7-6-9(12-13)14-8-4-2-1-3-5-8/h1-6,11H. The second-order valence-corrected chi connectivity index (χ2v) is 2.51. The fraction of sp³-hybridized carbons (Fsp3) is 0. The van der Waals surface area contributed by atoms with E-state index in [9.17, 15) is 4.48 Å². The lowest BCUT2D eigenvalue weighted by molar-refractivity contribution is -0.0192. The predicted octanol–water partition coefficient (Wildman–Crippen LogP) is 1.40. The first-order valence-corrected chi connectivity index (χ1v) is 3.96. The normalized spacial score (nSPS) is 14.6. The summed E-state index contributed by atoms with van der Waals surface area (Å²) >= 11 is 0. The third kappa shape index (κ3) is 2.01. The molecule has 1 heterocycles. The molecule has 0 bridgehead atoms. The molecule has 71 valence electrons. The van der Waals surface area contributed by atoms with E-state index in [1.165, 1.54) is 6.08 Å². The van der Waals surface area contributed by atoms with E-state index in [4.69, 9.17) is 4.74 Å². The minimum atomic E-state index is 0.0261. The quantitative estimate of drug-likeness (QED) is 0.683. The fourth-order valence-electron chi connectivity index (χ4n) is 0.947. The van der Waals surface area contributed by atoms with Crippen molar-refractivity contribution < 1.29 is 9.22 Å². The summed E-state index contributed by atoms with van der Waals surface area (Å²) in [4.78, 5) is 0. The Hall–Kier alpha value is -2.04. The maximum absolute atomic E-state index is 12.5. The lowest BCUT2D eigenvalue weighted by Gasteiger charge is -2.12. The first-order valence-electron chi connectivity index (χ1n) is 3.96. The minimum absolute atomic E-state index is 0.0261. The van der Waals surface area contributed by atoms with Crippen LogP contribution in [0, 0.1) is 6.20 Å². The zero-order chi connectivity index (χ0) is 9.80. The Morgan fingerprint density at radius 3 is 2.86 bits per heavy atom. The van der Waals surface area contributed by atoms with Crippen molar-refractivity contribution >= 4 is 5.90 Å². The number of hydrazine groups is 1. The van der Waals surface area contributed by atoms with Crippen molar-refractivity contribution in [1.82, 2.24) is 10.8 Å². The molecule has 0 saturated carbocycles. The Labute approximate surface area is 80.2 Å². The van der Waals surface area contributed by atoms with E-state index in [0.717, 1.165) is 0 Å². The van der Waals surface area contributed by atoms with Gasteiger partial charge in [0.25, 0.3) is 0 Å². The number of hydrazone groups is 1. The van der Waals surface area contributed by atoms with Gasteiger partial charge in [0.2, 0.25) is 5.90 Å². The van der Waals surface area contributed by atoms with E-state index in [0.29, 0.717) is 5.75 Å². The molecule has 4 nitrogen and oxygen atoms in total. The van der Waals surface area contributed by atoms with Gasteiger partial charge in [-0.2, -0.15) is 0 Å². The number of para-hydroxylation sites is 1. The third-order valence-electron chi connectivity index (χ3n) is 1.50. The van der Waals surface area contributed by atoms with Crippen LogP contribution in [0.3, 0.4) is 0 Å². The van der Waals surface area contributed by atoms with Gasteiger partial charge < -0.3 is 4.74 Å². The monoisotopic (exact) mass is 192 g/mol. The Kier molecular flexibility index (Phi) is 2.31. The summed E-state index contributed by atoms with van der Waals surface area (Å²) in [5.74, 6) is 0.733. The van der Waals surface area contributed by atoms with Crippen molar-refractivity contribution in [3.63, 3.8) is 0 Å². The summed E-state index contributed by atoms with van der Waals surface area (Å²) in [5.41, 5.74) is 2.09. The van der Waals surface area contributed by atoms with Gasteiger partial charge in [0.05, 0.1) is 6.20 Å². The summed E-state index contributed by atoms with van der Waals surface area (Å²) in [6.45, 7) is 0. The van der Waals surface area contributed by atoms with Gasteiger partial charge in [-0.3, -0.25) is 5.43 Å². The molecule has 0 unspecified atom stereocenters. The van der Waals surface area contributed by atoms with Crippen LogP contribution in [0.15, 0.2) is 41.5 Å². The molecule has 2 rings (SSSR count). The molecule has 5 heteroatoms. The summed E-state index contributed by atoms with van der Waals surface area (Å²) in [6.07, 6.45) is 3.83. The molecule has 1 aliphatic rings. The lowest BCUT2D eigenvalue weighted by Crippen LogP contribution is -2.28. The second kappa shape index (κ2) is 3.78. The Morgan fingerprint density at radius 2 is 2.14 bits per heavy atom. The summed E-state index contributed by atoms with van der Waals surface area (Å²) in [7, 11) is 0. The highest BCUT2D eigenvalue weighted by molar-refractivity contribution is 5.89. The fourth-order valence-corrected chi connectivity index (χ4v) is 0.947. The summed E-state index contributed by atoms with van der Waals surface area (Å²) in [6, 6.07) is 9.00. The van der Waals surface area contributed by atoms with Gasteiger partial charge in [-0.05, 0) is 17.5 Å². The maximum Gasteiger partial charge on any atom is 0.243 e. The van der Waals surface area contributed by atoms with Crippen molar-refractivity contribution in [3.05, 3.63) is 42.6 Å². The highest BCUT2D eigenvalue weighted by Crippen LogP contribution is 2.10. The number of hydrogen-bond acceptors (Lipinski definition) is 4. The number of nitrogens with zero attached hydrogens (tertiary/aromatic N) is 2. The van der Waals surface area contributed by atoms with Crippen LogP contribution in [0.4, 0.5) is 4.48 Å². The number of halogens is 1. The highest BCUT2D eigenvalue weighted by atomic mass is 19.2. The second-order valence-electron chi connectivity index (χ2n) is 2.51. The van der Waals surface area contributed by atoms with Gasteiger partial charge in [0.1, 0.15) is 5.75 Å². The molecule has 0 atom stereocenters. The average Bonchev–Trinajstić information content (AvgIpc) is 2.19. The Morgan fingerprint density at radius 1 is 1.36 bits per heavy atom. The topological polar surface area (TPSA) is 36.9 Å². The molecule has 0 fully saturated rings. The SMILES string of the molecule is FN1N=C(Oc2ccccc2)C=[C]N1. The molecule has 1 radical (unpaired) electrons. The smallest absolute Gasteiger partial charge is 0.243 e. The molecular formula is C9H7FN3O. The molecule has 0 spiro atoms. The Balaban J connectivity index is 2.08. The van der Waals surface area contributed by atoms with Crippen molar-refractivity contribution in [2.75, 3.05) is 0 Å². The van der Waals surface area contributed by atoms with Gasteiger partial charge in [0.15, 0.2) is 0 Å². The average molecular weight is 192 g/mol. The third-order valence-corrected chi connectivity index (χ3v) is 1.50. The summed E-state index contributed by atoms with van der Waals surface area (Å²) < 4.78 is 17.7. The van der Waals surface area contributed by atoms with Gasteiger partial charge in [0, 0.05) is 6.08 Å². The molecule has 1 aromatic carbocycles. The molecule has 1 aliphatic heterocycles. The van der Waals surface area contributed by atoms with E-state index in [-0.39, 0.29) is 11.2 Å². The molecule has 0 aliphatic carbocycles. The van der Waals surface area contributed by atoms with Crippen LogP contribution in [-0.2, 0) is 0 Å². The van der Waals surface area contributed by atoms with Gasteiger partial charge in [-0.25, -0.2) is 0 Å². The van der Waals surface area contributed by atoms with Crippen molar-refractivity contribution in [3.8, 4) is 5.75 Å². The molecule has 1 aromatic rings. The van der Waals surface area contributed by atoms with E-state index in [2.05, 4.69) is 16.7 Å². The summed E-state index contributed by atoms with van der Waals surface area (Å²) in [5, 5.41) is 3.44. The lowest BCUT2D eigenvalue weighted by atomic mass is 10.3. The van der Waals surface area contributed by atoms with E-state index >= 15 is 0 Å². The predicted molar refractivity (Wildman–Crippen MR) is 48.4 cm³/mol. The number of benzene rings is 1. The molecule has 0 amide bonds.